The minimum absolute atomic E-state index is 0.0898. The molecule has 0 saturated heterocycles. The molecule has 6 rings (SSSR count). The molecule has 0 unspecified atom stereocenters. The van der Waals surface area contributed by atoms with E-state index >= 15 is 0 Å². The number of benzene rings is 1. The highest BCUT2D eigenvalue weighted by atomic mass is 79.9. The number of carbonyl (C=O) groups excluding carboxylic acids is 1. The fourth-order valence-corrected chi connectivity index (χ4v) is 7.21. The topological polar surface area (TPSA) is 216 Å². The molecular weight excluding hydrogens is 680 g/mol. The van der Waals surface area contributed by atoms with Crippen molar-refractivity contribution in [2.75, 3.05) is 20.7 Å². The Morgan fingerprint density at radius 3 is 2.32 bits per heavy atom. The van der Waals surface area contributed by atoms with Crippen LogP contribution in [0.15, 0.2) is 45.7 Å². The minimum atomic E-state index is -2.04. The molecule has 1 aromatic carbocycles. The number of pyridine rings is 1. The van der Waals surface area contributed by atoms with Crippen molar-refractivity contribution >= 4 is 50.3 Å². The zero-order valence-electron chi connectivity index (χ0n) is 25.4. The van der Waals surface area contributed by atoms with Crippen LogP contribution in [0.25, 0.3) is 22.3 Å². The molecule has 0 saturated carbocycles. The van der Waals surface area contributed by atoms with Crippen LogP contribution in [0, 0.1) is 10.4 Å². The van der Waals surface area contributed by atoms with Gasteiger partial charge in [0.2, 0.25) is 16.3 Å². The lowest BCUT2D eigenvalue weighted by molar-refractivity contribution is -0.122. The van der Waals surface area contributed by atoms with E-state index in [1.165, 1.54) is 12.3 Å². The Hall–Kier alpha value is -5.15. The van der Waals surface area contributed by atoms with Gasteiger partial charge in [0.25, 0.3) is 11.5 Å². The molecule has 242 valence electrons. The molecule has 0 fully saturated rings. The maximum absolute atomic E-state index is 13.7. The summed E-state index contributed by atoms with van der Waals surface area (Å²) in [6, 6.07) is 2.40. The van der Waals surface area contributed by atoms with Crippen LogP contribution in [-0.2, 0) is 16.6 Å². The fourth-order valence-electron chi connectivity index (χ4n) is 6.50. The number of methoxy groups -OCH3 is 1. The van der Waals surface area contributed by atoms with Gasteiger partial charge in [0.1, 0.15) is 22.7 Å². The molecule has 1 amide bonds. The van der Waals surface area contributed by atoms with Crippen LogP contribution in [0.2, 0.25) is 0 Å². The number of phenols is 1. The summed E-state index contributed by atoms with van der Waals surface area (Å²) in [7, 11) is 2.89. The number of hydrogen-bond acceptors (Lipinski definition) is 12. The number of aliphatic hydroxyl groups excluding tert-OH is 2. The molecular formula is C32H27BrN4O10. The number of aromatic nitrogens is 1. The summed E-state index contributed by atoms with van der Waals surface area (Å²) in [6.45, 7) is 3.96. The molecule has 1 aromatic heterocycles. The smallest absolute Gasteiger partial charge is 0.260 e. The van der Waals surface area contributed by atoms with Crippen molar-refractivity contribution in [3.05, 3.63) is 106 Å². The molecule has 5 N–H and O–H groups in total. The van der Waals surface area contributed by atoms with E-state index in [9.17, 15) is 44.1 Å². The molecule has 47 heavy (non-hydrogen) atoms. The van der Waals surface area contributed by atoms with E-state index in [2.05, 4.69) is 31.4 Å². The highest BCUT2D eigenvalue weighted by molar-refractivity contribution is 9.10. The number of fused-ring (bicyclic) bond motifs is 4. The second-order valence-corrected chi connectivity index (χ2v) is 12.6. The highest BCUT2D eigenvalue weighted by Gasteiger charge is 2.53. The lowest BCUT2D eigenvalue weighted by Gasteiger charge is -2.27. The Bertz CT molecular complexity index is 2590. The average molecular weight is 707 g/mol. The van der Waals surface area contributed by atoms with Crippen LogP contribution in [-0.4, -0.2) is 64.1 Å². The number of nitrogens with zero attached hydrogens (tertiary/aromatic N) is 2. The van der Waals surface area contributed by atoms with Gasteiger partial charge >= 0.3 is 0 Å². The van der Waals surface area contributed by atoms with Crippen LogP contribution in [0.1, 0.15) is 37.1 Å². The normalized spacial score (nSPS) is 17.2. The molecule has 0 radical (unpaired) electrons. The van der Waals surface area contributed by atoms with Gasteiger partial charge in [0.05, 0.1) is 51.8 Å². The van der Waals surface area contributed by atoms with E-state index in [-0.39, 0.29) is 53.4 Å². The first-order valence-electron chi connectivity index (χ1n) is 14.4. The standard InChI is InChI=1S/C32H27BrN4O10/c1-11(2)37(3)10-17(39)36-34-9-12-7-14-18(31(46)35-12)28(43)23-13(24(14)33)5-6-32(23)29(44)21-22(30(32)45)27(42)20-19(26(21)41)15(38)8-16(47-4)25(20)40/h7-9,11,43-45H,5-6,10H2,1-4H3,(H,35,46)(H,36,39)/b34-9+/t32-/m0/s1. The number of halogens is 1. The van der Waals surface area contributed by atoms with Gasteiger partial charge in [-0.3, -0.25) is 33.7 Å². The van der Waals surface area contributed by atoms with Crippen molar-refractivity contribution in [1.29, 1.82) is 0 Å². The number of phenolic OH excluding ortho intramolecular Hbond substituents is 1. The Balaban J connectivity index is 1.56. The molecule has 15 heteroatoms. The third kappa shape index (κ3) is 4.36. The van der Waals surface area contributed by atoms with Crippen molar-refractivity contribution in [3.63, 3.8) is 0 Å². The molecule has 0 aliphatic heterocycles. The SMILES string of the molecule is COc1cc(=O)c2c(=O)c3c(c(=O)c=2c1=O)=C(O)[C@]1(CCc2c1c(O)c1c(=O)[nH]c(/C=N/NC(=O)CN(C)C(C)C)cc1c2Br)C=3O. The number of hydrazone groups is 1. The van der Waals surface area contributed by atoms with Crippen LogP contribution in [0.3, 0.4) is 0 Å². The van der Waals surface area contributed by atoms with Gasteiger partial charge < -0.3 is 25.0 Å². The summed E-state index contributed by atoms with van der Waals surface area (Å²) in [4.78, 5) is 83.0. The van der Waals surface area contributed by atoms with Crippen molar-refractivity contribution in [3.8, 4) is 11.5 Å². The summed E-state index contributed by atoms with van der Waals surface area (Å²) in [5.74, 6) is -3.07. The summed E-state index contributed by atoms with van der Waals surface area (Å²) in [5, 5.41) is 35.9. The minimum Gasteiger partial charge on any atom is -0.510 e. The van der Waals surface area contributed by atoms with Crippen molar-refractivity contribution in [2.24, 2.45) is 5.10 Å². The molecule has 2 aromatic rings. The van der Waals surface area contributed by atoms with Gasteiger partial charge in [-0.05, 0) is 61.3 Å². The van der Waals surface area contributed by atoms with Gasteiger partial charge in [-0.2, -0.15) is 5.10 Å². The molecule has 14 nitrogen and oxygen atoms in total. The van der Waals surface area contributed by atoms with E-state index in [4.69, 9.17) is 4.74 Å². The van der Waals surface area contributed by atoms with E-state index in [0.717, 1.165) is 13.2 Å². The number of aliphatic hydroxyl groups is 2. The summed E-state index contributed by atoms with van der Waals surface area (Å²) in [6.07, 6.45) is 1.17. The molecule has 4 aliphatic rings. The number of amides is 1. The van der Waals surface area contributed by atoms with Crippen molar-refractivity contribution in [1.82, 2.24) is 15.3 Å². The third-order valence-electron chi connectivity index (χ3n) is 9.04. The van der Waals surface area contributed by atoms with E-state index in [1.54, 1.807) is 11.9 Å². The van der Waals surface area contributed by atoms with Gasteiger partial charge in [-0.25, -0.2) is 5.43 Å². The van der Waals surface area contributed by atoms with Gasteiger partial charge in [-0.15, -0.1) is 0 Å². The molecule has 4 aliphatic carbocycles. The van der Waals surface area contributed by atoms with E-state index < -0.39 is 76.6 Å². The number of H-pyrrole nitrogens is 1. The number of likely N-dealkylation sites (N-methyl/N-ethyl adjacent to an activating group) is 1. The number of ether oxygens (including phenoxy) is 1. The number of nitrogens with one attached hydrogen (secondary N) is 2. The predicted octanol–water partition coefficient (Wildman–Crippen LogP) is -0.934. The molecule has 1 atom stereocenters. The monoisotopic (exact) mass is 706 g/mol. The predicted molar refractivity (Wildman–Crippen MR) is 175 cm³/mol. The zero-order chi connectivity index (χ0) is 34.3. The third-order valence-corrected chi connectivity index (χ3v) is 9.95. The van der Waals surface area contributed by atoms with Crippen molar-refractivity contribution in [2.45, 2.75) is 38.1 Å². The first-order chi connectivity index (χ1) is 22.2. The Kier molecular flexibility index (Phi) is 7.44. The van der Waals surface area contributed by atoms with Gasteiger partial charge in [0, 0.05) is 27.5 Å². The van der Waals surface area contributed by atoms with Crippen LogP contribution in [0.4, 0.5) is 0 Å². The Labute approximate surface area is 271 Å². The molecule has 0 bridgehead atoms. The summed E-state index contributed by atoms with van der Waals surface area (Å²) in [5.41, 5.74) is -4.33. The van der Waals surface area contributed by atoms with Gasteiger partial charge in [0.15, 0.2) is 11.2 Å². The summed E-state index contributed by atoms with van der Waals surface area (Å²) < 4.78 is 5.22. The van der Waals surface area contributed by atoms with E-state index in [0.29, 0.717) is 10.0 Å². The van der Waals surface area contributed by atoms with Crippen LogP contribution < -0.4 is 47.9 Å². The van der Waals surface area contributed by atoms with Gasteiger partial charge in [-0.1, -0.05) is 0 Å². The quantitative estimate of drug-likeness (QED) is 0.122. The second-order valence-electron chi connectivity index (χ2n) is 11.8. The maximum Gasteiger partial charge on any atom is 0.260 e. The number of hydrogen-bond donors (Lipinski definition) is 5. The lowest BCUT2D eigenvalue weighted by atomic mass is 9.78. The number of rotatable bonds is 6. The van der Waals surface area contributed by atoms with E-state index in [1.807, 2.05) is 13.8 Å². The first kappa shape index (κ1) is 31.8. The molecule has 1 spiro atoms. The average Bonchev–Trinajstić information content (AvgIpc) is 3.52. The zero-order valence-corrected chi connectivity index (χ0v) is 27.0. The first-order valence-corrected chi connectivity index (χ1v) is 15.2. The highest BCUT2D eigenvalue weighted by Crippen LogP contribution is 2.56. The van der Waals surface area contributed by atoms with Crippen LogP contribution >= 0.6 is 15.9 Å². The maximum atomic E-state index is 13.7. The number of aromatic hydroxyl groups is 1. The lowest BCUT2D eigenvalue weighted by Crippen LogP contribution is -2.51. The Morgan fingerprint density at radius 2 is 1.70 bits per heavy atom. The second kappa shape index (κ2) is 11.0. The largest absolute Gasteiger partial charge is 0.510 e. The molecule has 1 heterocycles. The summed E-state index contributed by atoms with van der Waals surface area (Å²) >= 11 is 3.49. The number of carbonyl (C=O) groups is 1. The fraction of sp³-hybridized carbons (Fsp3) is 0.281. The van der Waals surface area contributed by atoms with Crippen LogP contribution in [0.5, 0.6) is 11.5 Å². The van der Waals surface area contributed by atoms with Crippen molar-refractivity contribution < 1.29 is 24.9 Å². The number of aromatic amines is 1. The Morgan fingerprint density at radius 1 is 1.06 bits per heavy atom.